The van der Waals surface area contributed by atoms with Crippen molar-refractivity contribution in [2.24, 2.45) is 10.9 Å². The average Bonchev–Trinajstić information content (AvgIpc) is 3.15. The number of hydrogen-bond donors (Lipinski definition) is 2. The Morgan fingerprint density at radius 2 is 2.11 bits per heavy atom. The van der Waals surface area contributed by atoms with Gasteiger partial charge in [0.05, 0.1) is 6.10 Å². The molecule has 2 fully saturated rings. The molecule has 1 aromatic carbocycles. The summed E-state index contributed by atoms with van der Waals surface area (Å²) in [6.45, 7) is 7.05. The van der Waals surface area contributed by atoms with Crippen LogP contribution in [0.25, 0.3) is 0 Å². The van der Waals surface area contributed by atoms with Crippen molar-refractivity contribution in [2.45, 2.75) is 45.1 Å². The number of amides is 1. The van der Waals surface area contributed by atoms with E-state index in [0.29, 0.717) is 18.2 Å². The highest BCUT2D eigenvalue weighted by molar-refractivity contribution is 5.79. The summed E-state index contributed by atoms with van der Waals surface area (Å²) >= 11 is 0. The van der Waals surface area contributed by atoms with E-state index >= 15 is 0 Å². The van der Waals surface area contributed by atoms with Crippen molar-refractivity contribution in [3.63, 3.8) is 0 Å². The number of carbonyl (C=O) groups is 1. The van der Waals surface area contributed by atoms with Gasteiger partial charge in [-0.3, -0.25) is 9.79 Å². The minimum Gasteiger partial charge on any atom is -0.373 e. The molecular formula is C22H34N4O2. The fraction of sp³-hybridized carbons (Fsp3) is 0.636. The Bertz CT molecular complexity index is 635. The smallest absolute Gasteiger partial charge is 0.222 e. The molecule has 2 aliphatic heterocycles. The summed E-state index contributed by atoms with van der Waals surface area (Å²) in [7, 11) is 0. The lowest BCUT2D eigenvalue weighted by atomic mass is 9.89. The number of nitrogens with one attached hydrogen (secondary N) is 2. The summed E-state index contributed by atoms with van der Waals surface area (Å²) in [5.74, 6) is 1.55. The zero-order valence-electron chi connectivity index (χ0n) is 17.0. The maximum absolute atomic E-state index is 11.7. The van der Waals surface area contributed by atoms with Gasteiger partial charge in [0.2, 0.25) is 5.91 Å². The number of carbonyl (C=O) groups excluding carboxylic acids is 1. The van der Waals surface area contributed by atoms with Crippen molar-refractivity contribution >= 4 is 11.9 Å². The molecule has 0 saturated carbocycles. The molecule has 2 unspecified atom stereocenters. The Labute approximate surface area is 168 Å². The van der Waals surface area contributed by atoms with E-state index in [9.17, 15) is 4.79 Å². The third kappa shape index (κ3) is 5.96. The SMILES string of the molecule is CCNC(=NCC1CCCOC1c1ccccc1)NCCCN1CCCC1=O. The number of guanidine groups is 1. The van der Waals surface area contributed by atoms with Crippen LogP contribution in [0.1, 0.15) is 50.7 Å². The lowest BCUT2D eigenvalue weighted by Gasteiger charge is -2.31. The van der Waals surface area contributed by atoms with Gasteiger partial charge in [0.25, 0.3) is 0 Å². The molecule has 1 amide bonds. The highest BCUT2D eigenvalue weighted by atomic mass is 16.5. The Balaban J connectivity index is 1.50. The van der Waals surface area contributed by atoms with Crippen LogP contribution in [0.2, 0.25) is 0 Å². The molecule has 2 saturated heterocycles. The number of nitrogens with zero attached hydrogens (tertiary/aromatic N) is 2. The van der Waals surface area contributed by atoms with E-state index in [0.717, 1.165) is 71.0 Å². The lowest BCUT2D eigenvalue weighted by molar-refractivity contribution is -0.127. The first-order chi connectivity index (χ1) is 13.8. The predicted octanol–water partition coefficient (Wildman–Crippen LogP) is 2.72. The number of benzene rings is 1. The second kappa shape index (κ2) is 11.1. The van der Waals surface area contributed by atoms with Gasteiger partial charge in [0.1, 0.15) is 0 Å². The largest absolute Gasteiger partial charge is 0.373 e. The monoisotopic (exact) mass is 386 g/mol. The minimum atomic E-state index is 0.128. The third-order valence-electron chi connectivity index (χ3n) is 5.47. The lowest BCUT2D eigenvalue weighted by Crippen LogP contribution is -2.39. The summed E-state index contributed by atoms with van der Waals surface area (Å²) in [4.78, 5) is 18.5. The van der Waals surface area contributed by atoms with E-state index in [-0.39, 0.29) is 6.10 Å². The molecule has 3 rings (SSSR count). The molecule has 0 radical (unpaired) electrons. The third-order valence-corrected chi connectivity index (χ3v) is 5.47. The van der Waals surface area contributed by atoms with Gasteiger partial charge in [0.15, 0.2) is 5.96 Å². The highest BCUT2D eigenvalue weighted by Gasteiger charge is 2.27. The fourth-order valence-corrected chi connectivity index (χ4v) is 4.01. The van der Waals surface area contributed by atoms with E-state index in [4.69, 9.17) is 9.73 Å². The fourth-order valence-electron chi connectivity index (χ4n) is 4.01. The van der Waals surface area contributed by atoms with Crippen LogP contribution in [0.5, 0.6) is 0 Å². The normalized spacial score (nSPS) is 23.1. The van der Waals surface area contributed by atoms with Crippen molar-refractivity contribution in [1.82, 2.24) is 15.5 Å². The molecule has 2 N–H and O–H groups in total. The van der Waals surface area contributed by atoms with Crippen LogP contribution in [0.4, 0.5) is 0 Å². The Hall–Kier alpha value is -2.08. The van der Waals surface area contributed by atoms with Gasteiger partial charge in [-0.1, -0.05) is 30.3 Å². The molecular weight excluding hydrogens is 352 g/mol. The number of aliphatic imine (C=N–C) groups is 1. The minimum absolute atomic E-state index is 0.128. The second-order valence-electron chi connectivity index (χ2n) is 7.59. The van der Waals surface area contributed by atoms with Gasteiger partial charge in [-0.15, -0.1) is 0 Å². The molecule has 2 heterocycles. The summed E-state index contributed by atoms with van der Waals surface area (Å²) < 4.78 is 6.09. The molecule has 1 aromatic rings. The van der Waals surface area contributed by atoms with Gasteiger partial charge >= 0.3 is 0 Å². The molecule has 0 aromatic heterocycles. The van der Waals surface area contributed by atoms with Gasteiger partial charge < -0.3 is 20.3 Å². The summed E-state index contributed by atoms with van der Waals surface area (Å²) in [6, 6.07) is 10.5. The molecule has 2 atom stereocenters. The van der Waals surface area contributed by atoms with Crippen LogP contribution in [-0.4, -0.2) is 56.1 Å². The second-order valence-corrected chi connectivity index (χ2v) is 7.59. The maximum atomic E-state index is 11.7. The van der Waals surface area contributed by atoms with Gasteiger partial charge in [-0.2, -0.15) is 0 Å². The molecule has 6 nitrogen and oxygen atoms in total. The van der Waals surface area contributed by atoms with E-state index in [2.05, 4.69) is 41.8 Å². The van der Waals surface area contributed by atoms with Gasteiger partial charge in [-0.25, -0.2) is 0 Å². The van der Waals surface area contributed by atoms with Crippen LogP contribution in [0.15, 0.2) is 35.3 Å². The number of rotatable bonds is 8. The zero-order valence-corrected chi connectivity index (χ0v) is 17.0. The number of ether oxygens (including phenoxy) is 1. The van der Waals surface area contributed by atoms with Crippen molar-refractivity contribution in [3.05, 3.63) is 35.9 Å². The predicted molar refractivity (Wildman–Crippen MR) is 112 cm³/mol. The Morgan fingerprint density at radius 3 is 2.86 bits per heavy atom. The van der Waals surface area contributed by atoms with Crippen LogP contribution < -0.4 is 10.6 Å². The Kier molecular flexibility index (Phi) is 8.15. The molecule has 0 bridgehead atoms. The average molecular weight is 387 g/mol. The van der Waals surface area contributed by atoms with Crippen LogP contribution in [0, 0.1) is 5.92 Å². The highest BCUT2D eigenvalue weighted by Crippen LogP contribution is 2.33. The number of hydrogen-bond acceptors (Lipinski definition) is 3. The van der Waals surface area contributed by atoms with Gasteiger partial charge in [0, 0.05) is 51.7 Å². The molecule has 2 aliphatic rings. The van der Waals surface area contributed by atoms with E-state index < -0.39 is 0 Å². The number of likely N-dealkylation sites (tertiary alicyclic amines) is 1. The van der Waals surface area contributed by atoms with Crippen LogP contribution in [-0.2, 0) is 9.53 Å². The summed E-state index contributed by atoms with van der Waals surface area (Å²) in [5, 5.41) is 6.75. The first-order valence-corrected chi connectivity index (χ1v) is 10.7. The van der Waals surface area contributed by atoms with E-state index in [1.54, 1.807) is 0 Å². The topological polar surface area (TPSA) is 66.0 Å². The quantitative estimate of drug-likeness (QED) is 0.410. The molecule has 28 heavy (non-hydrogen) atoms. The standard InChI is InChI=1S/C22H34N4O2/c1-2-23-22(24-13-8-15-26-14-6-12-20(26)27)25-17-19-11-7-16-28-21(19)18-9-4-3-5-10-18/h3-5,9-10,19,21H,2,6-8,11-17H2,1H3,(H2,23,24,25). The van der Waals surface area contributed by atoms with Crippen molar-refractivity contribution < 1.29 is 9.53 Å². The molecule has 6 heteroatoms. The van der Waals surface area contributed by atoms with E-state index in [1.165, 1.54) is 5.56 Å². The molecule has 0 spiro atoms. The van der Waals surface area contributed by atoms with Gasteiger partial charge in [-0.05, 0) is 38.2 Å². The zero-order chi connectivity index (χ0) is 19.6. The van der Waals surface area contributed by atoms with Crippen LogP contribution in [0.3, 0.4) is 0 Å². The summed E-state index contributed by atoms with van der Waals surface area (Å²) in [5.41, 5.74) is 1.25. The maximum Gasteiger partial charge on any atom is 0.222 e. The van der Waals surface area contributed by atoms with E-state index in [1.807, 2.05) is 11.0 Å². The van der Waals surface area contributed by atoms with Crippen molar-refractivity contribution in [3.8, 4) is 0 Å². The summed E-state index contributed by atoms with van der Waals surface area (Å²) in [6.07, 6.45) is 5.01. The van der Waals surface area contributed by atoms with Crippen LogP contribution >= 0.6 is 0 Å². The van der Waals surface area contributed by atoms with Crippen molar-refractivity contribution in [1.29, 1.82) is 0 Å². The molecule has 0 aliphatic carbocycles. The van der Waals surface area contributed by atoms with Crippen molar-refractivity contribution in [2.75, 3.05) is 39.3 Å². The molecule has 154 valence electrons. The first-order valence-electron chi connectivity index (χ1n) is 10.7. The Morgan fingerprint density at radius 1 is 1.25 bits per heavy atom. The first kappa shape index (κ1) is 20.6.